The van der Waals surface area contributed by atoms with Crippen molar-refractivity contribution in [1.29, 1.82) is 0 Å². The van der Waals surface area contributed by atoms with Gasteiger partial charge in [-0.1, -0.05) is 19.4 Å². The number of fused-ring (bicyclic) bond motifs is 1. The topological polar surface area (TPSA) is 136 Å². The number of nitrogens with one attached hydrogen (secondary N) is 2. The molecule has 0 radical (unpaired) electrons. The van der Waals surface area contributed by atoms with Gasteiger partial charge in [-0.2, -0.15) is 10.1 Å². The number of hydrogen-bond donors (Lipinski definition) is 4. The lowest BCUT2D eigenvalue weighted by molar-refractivity contribution is 0.0775. The molecule has 0 aromatic carbocycles. The third kappa shape index (κ3) is 6.16. The Balaban J connectivity index is 1.47. The van der Waals surface area contributed by atoms with Gasteiger partial charge in [-0.25, -0.2) is 4.98 Å². The van der Waals surface area contributed by atoms with Crippen LogP contribution in [0.15, 0.2) is 24.5 Å². The van der Waals surface area contributed by atoms with Crippen LogP contribution in [0.25, 0.3) is 11.0 Å². The van der Waals surface area contributed by atoms with Gasteiger partial charge in [0.25, 0.3) is 0 Å². The van der Waals surface area contributed by atoms with E-state index < -0.39 is 0 Å². The SMILES string of the molecule is CCC[C@@H](CCO)Nc1nc(N)nc2cnn(Cc3ccc(CNC4CCOCC4)nc3)c12. The molecule has 178 valence electrons. The van der Waals surface area contributed by atoms with Gasteiger partial charge in [-0.3, -0.25) is 9.67 Å². The number of anilines is 2. The first-order valence-electron chi connectivity index (χ1n) is 11.8. The summed E-state index contributed by atoms with van der Waals surface area (Å²) < 4.78 is 7.28. The Bertz CT molecular complexity index is 1010. The highest BCUT2D eigenvalue weighted by Crippen LogP contribution is 2.24. The van der Waals surface area contributed by atoms with Gasteiger partial charge in [0.05, 0.1) is 18.4 Å². The summed E-state index contributed by atoms with van der Waals surface area (Å²) in [5.74, 6) is 0.846. The van der Waals surface area contributed by atoms with E-state index in [1.54, 1.807) is 6.20 Å². The number of rotatable bonds is 11. The first-order valence-corrected chi connectivity index (χ1v) is 11.8. The predicted molar refractivity (Wildman–Crippen MR) is 128 cm³/mol. The fourth-order valence-electron chi connectivity index (χ4n) is 4.20. The lowest BCUT2D eigenvalue weighted by Gasteiger charge is -2.23. The van der Waals surface area contributed by atoms with Crippen molar-refractivity contribution < 1.29 is 9.84 Å². The zero-order valence-corrected chi connectivity index (χ0v) is 19.2. The Hall–Kier alpha value is -2.82. The van der Waals surface area contributed by atoms with E-state index in [2.05, 4.69) is 49.7 Å². The maximum atomic E-state index is 9.42. The monoisotopic (exact) mass is 454 g/mol. The van der Waals surface area contributed by atoms with Gasteiger partial charge in [-0.05, 0) is 37.3 Å². The van der Waals surface area contributed by atoms with Crippen LogP contribution in [0.1, 0.15) is 50.3 Å². The lowest BCUT2D eigenvalue weighted by Crippen LogP contribution is -2.34. The van der Waals surface area contributed by atoms with Gasteiger partial charge in [-0.15, -0.1) is 0 Å². The number of aromatic nitrogens is 5. The number of ether oxygens (including phenoxy) is 1. The minimum Gasteiger partial charge on any atom is -0.396 e. The van der Waals surface area contributed by atoms with E-state index in [4.69, 9.17) is 10.5 Å². The fraction of sp³-hybridized carbons (Fsp3) is 0.565. The first kappa shape index (κ1) is 23.3. The van der Waals surface area contributed by atoms with Crippen molar-refractivity contribution >= 4 is 22.8 Å². The molecule has 10 nitrogen and oxygen atoms in total. The Morgan fingerprint density at radius 2 is 2.06 bits per heavy atom. The maximum Gasteiger partial charge on any atom is 0.222 e. The van der Waals surface area contributed by atoms with Gasteiger partial charge in [0.1, 0.15) is 11.0 Å². The van der Waals surface area contributed by atoms with Gasteiger partial charge in [0, 0.05) is 44.6 Å². The van der Waals surface area contributed by atoms with Crippen LogP contribution in [0.2, 0.25) is 0 Å². The molecule has 1 atom stereocenters. The van der Waals surface area contributed by atoms with Crippen molar-refractivity contribution in [3.05, 3.63) is 35.8 Å². The molecule has 1 aliphatic rings. The normalized spacial score (nSPS) is 15.7. The van der Waals surface area contributed by atoms with Crippen LogP contribution in [0.4, 0.5) is 11.8 Å². The minimum atomic E-state index is 0.102. The van der Waals surface area contributed by atoms with Crippen molar-refractivity contribution in [3.63, 3.8) is 0 Å². The number of pyridine rings is 1. The molecule has 0 spiro atoms. The van der Waals surface area contributed by atoms with E-state index in [0.29, 0.717) is 30.3 Å². The number of aliphatic hydroxyl groups is 1. The molecule has 5 N–H and O–H groups in total. The van der Waals surface area contributed by atoms with Crippen LogP contribution in [-0.2, 0) is 17.8 Å². The summed E-state index contributed by atoms with van der Waals surface area (Å²) in [6.07, 6.45) is 8.26. The van der Waals surface area contributed by atoms with Crippen molar-refractivity contribution in [3.8, 4) is 0 Å². The van der Waals surface area contributed by atoms with Crippen molar-refractivity contribution in [2.24, 2.45) is 0 Å². The number of aliphatic hydroxyl groups excluding tert-OH is 1. The zero-order valence-electron chi connectivity index (χ0n) is 19.2. The fourth-order valence-corrected chi connectivity index (χ4v) is 4.20. The third-order valence-corrected chi connectivity index (χ3v) is 5.97. The number of nitrogens with zero attached hydrogens (tertiary/aromatic N) is 5. The molecular formula is C23H34N8O2. The van der Waals surface area contributed by atoms with Gasteiger partial charge in [0.2, 0.25) is 5.95 Å². The third-order valence-electron chi connectivity index (χ3n) is 5.97. The molecule has 3 aromatic rings. The van der Waals surface area contributed by atoms with E-state index in [9.17, 15) is 5.11 Å². The molecule has 1 saturated heterocycles. The average molecular weight is 455 g/mol. The Kier molecular flexibility index (Phi) is 8.03. The highest BCUT2D eigenvalue weighted by Gasteiger charge is 2.17. The van der Waals surface area contributed by atoms with E-state index >= 15 is 0 Å². The summed E-state index contributed by atoms with van der Waals surface area (Å²) in [4.78, 5) is 13.4. The molecule has 0 saturated carbocycles. The largest absolute Gasteiger partial charge is 0.396 e. The minimum absolute atomic E-state index is 0.102. The Labute approximate surface area is 194 Å². The molecule has 0 aliphatic carbocycles. The van der Waals surface area contributed by atoms with E-state index in [-0.39, 0.29) is 18.6 Å². The van der Waals surface area contributed by atoms with Crippen molar-refractivity contribution in [1.82, 2.24) is 30.0 Å². The second-order valence-corrected chi connectivity index (χ2v) is 8.53. The summed E-state index contributed by atoms with van der Waals surface area (Å²) in [6, 6.07) is 4.74. The van der Waals surface area contributed by atoms with Crippen LogP contribution in [0.5, 0.6) is 0 Å². The van der Waals surface area contributed by atoms with Crippen LogP contribution in [-0.4, -0.2) is 61.7 Å². The van der Waals surface area contributed by atoms with Crippen molar-refractivity contribution in [2.75, 3.05) is 30.9 Å². The van der Waals surface area contributed by atoms with Crippen LogP contribution in [0, 0.1) is 0 Å². The average Bonchev–Trinajstić information content (AvgIpc) is 3.22. The molecular weight excluding hydrogens is 420 g/mol. The summed E-state index contributed by atoms with van der Waals surface area (Å²) in [6.45, 7) is 5.18. The Morgan fingerprint density at radius 3 is 2.79 bits per heavy atom. The molecule has 1 aliphatic heterocycles. The Morgan fingerprint density at radius 1 is 1.21 bits per heavy atom. The molecule has 33 heavy (non-hydrogen) atoms. The maximum absolute atomic E-state index is 9.42. The summed E-state index contributed by atoms with van der Waals surface area (Å²) in [5.41, 5.74) is 9.48. The lowest BCUT2D eigenvalue weighted by atomic mass is 10.1. The van der Waals surface area contributed by atoms with Crippen LogP contribution >= 0.6 is 0 Å². The summed E-state index contributed by atoms with van der Waals surface area (Å²) in [7, 11) is 0. The number of hydrogen-bond acceptors (Lipinski definition) is 9. The van der Waals surface area contributed by atoms with Gasteiger partial charge >= 0.3 is 0 Å². The molecule has 10 heteroatoms. The van der Waals surface area contributed by atoms with Gasteiger partial charge in [0.15, 0.2) is 5.82 Å². The molecule has 0 unspecified atom stereocenters. The second-order valence-electron chi connectivity index (χ2n) is 8.53. The zero-order chi connectivity index (χ0) is 23.0. The smallest absolute Gasteiger partial charge is 0.222 e. The number of nitrogens with two attached hydrogens (primary N) is 1. The first-order chi connectivity index (χ1) is 16.2. The summed E-state index contributed by atoms with van der Waals surface area (Å²) >= 11 is 0. The standard InChI is InChI=1S/C23H34N8O2/c1-2-3-18(6-9-32)28-22-21-20(29-23(24)30-22)14-27-31(21)15-16-4-5-19(25-12-16)13-26-17-7-10-33-11-8-17/h4-5,12,14,17-18,26,32H,2-3,6-11,13,15H2,1H3,(H3,24,28,29,30)/t18-/m0/s1. The highest BCUT2D eigenvalue weighted by atomic mass is 16.5. The molecule has 0 bridgehead atoms. The quantitative estimate of drug-likeness (QED) is 0.343. The predicted octanol–water partition coefficient (Wildman–Crippen LogP) is 2.08. The van der Waals surface area contributed by atoms with E-state index in [0.717, 1.165) is 62.2 Å². The van der Waals surface area contributed by atoms with Gasteiger partial charge < -0.3 is 26.2 Å². The number of nitrogen functional groups attached to an aromatic ring is 1. The van der Waals surface area contributed by atoms with E-state index in [1.807, 2.05) is 10.9 Å². The van der Waals surface area contributed by atoms with Crippen LogP contribution in [0.3, 0.4) is 0 Å². The molecule has 4 heterocycles. The second kappa shape index (κ2) is 11.4. The molecule has 4 rings (SSSR count). The van der Waals surface area contributed by atoms with Crippen molar-refractivity contribution in [2.45, 2.75) is 64.2 Å². The molecule has 3 aromatic heterocycles. The highest BCUT2D eigenvalue weighted by molar-refractivity contribution is 5.86. The van der Waals surface area contributed by atoms with Crippen LogP contribution < -0.4 is 16.4 Å². The molecule has 1 fully saturated rings. The van der Waals surface area contributed by atoms with E-state index in [1.165, 1.54) is 0 Å². The molecule has 0 amide bonds. The summed E-state index contributed by atoms with van der Waals surface area (Å²) in [5, 5.41) is 21.0.